The van der Waals surface area contributed by atoms with E-state index in [1.165, 1.54) is 11.3 Å². The highest BCUT2D eigenvalue weighted by molar-refractivity contribution is 7.91. The van der Waals surface area contributed by atoms with Gasteiger partial charge in [-0.1, -0.05) is 0 Å². The molecule has 0 aromatic carbocycles. The van der Waals surface area contributed by atoms with Crippen molar-refractivity contribution in [3.05, 3.63) is 16.5 Å². The minimum absolute atomic E-state index is 0.211. The lowest BCUT2D eigenvalue weighted by molar-refractivity contribution is 0.105. The van der Waals surface area contributed by atoms with Gasteiger partial charge in [0, 0.05) is 24.6 Å². The first-order valence-corrected chi connectivity index (χ1v) is 9.18. The molecule has 1 fully saturated rings. The molecule has 2 heterocycles. The van der Waals surface area contributed by atoms with Crippen LogP contribution in [0.15, 0.2) is 10.3 Å². The number of thiophene rings is 1. The molecule has 20 heavy (non-hydrogen) atoms. The van der Waals surface area contributed by atoms with Gasteiger partial charge in [-0.3, -0.25) is 0 Å². The Hall–Kier alpha value is -0.470. The maximum absolute atomic E-state index is 12.2. The minimum atomic E-state index is -3.39. The van der Waals surface area contributed by atoms with E-state index in [0.717, 1.165) is 36.3 Å². The van der Waals surface area contributed by atoms with Crippen LogP contribution in [-0.4, -0.2) is 34.7 Å². The predicted octanol–water partition coefficient (Wildman–Crippen LogP) is 1.62. The SMILES string of the molecule is CNCc1sc(S(=O)(=O)NCCC2CCCO2)cc1C. The Kier molecular flexibility index (Phi) is 5.57. The van der Waals surface area contributed by atoms with Gasteiger partial charge in [-0.15, -0.1) is 11.3 Å². The number of ether oxygens (including phenoxy) is 1. The van der Waals surface area contributed by atoms with Gasteiger partial charge < -0.3 is 10.1 Å². The summed E-state index contributed by atoms with van der Waals surface area (Å²) in [5, 5.41) is 3.05. The number of hydrogen-bond acceptors (Lipinski definition) is 5. The summed E-state index contributed by atoms with van der Waals surface area (Å²) in [6, 6.07) is 1.74. The second-order valence-corrected chi connectivity index (χ2v) is 8.15. The van der Waals surface area contributed by atoms with Crippen LogP contribution < -0.4 is 10.0 Å². The molecule has 1 saturated heterocycles. The Morgan fingerprint density at radius 2 is 2.30 bits per heavy atom. The van der Waals surface area contributed by atoms with Crippen molar-refractivity contribution in [2.24, 2.45) is 0 Å². The van der Waals surface area contributed by atoms with Crippen molar-refractivity contribution in [2.45, 2.75) is 43.0 Å². The van der Waals surface area contributed by atoms with Crippen LogP contribution in [0.2, 0.25) is 0 Å². The zero-order valence-corrected chi connectivity index (χ0v) is 13.6. The molecule has 1 aliphatic rings. The second-order valence-electron chi connectivity index (χ2n) is 5.02. The van der Waals surface area contributed by atoms with E-state index >= 15 is 0 Å². The normalized spacial score (nSPS) is 19.6. The van der Waals surface area contributed by atoms with Crippen molar-refractivity contribution in [2.75, 3.05) is 20.2 Å². The van der Waals surface area contributed by atoms with Crippen molar-refractivity contribution in [3.8, 4) is 0 Å². The molecule has 1 aliphatic heterocycles. The molecule has 5 nitrogen and oxygen atoms in total. The number of nitrogens with one attached hydrogen (secondary N) is 2. The Bertz CT molecular complexity index is 534. The third-order valence-corrected chi connectivity index (χ3v) is 6.55. The molecular weight excluding hydrogens is 296 g/mol. The molecule has 7 heteroatoms. The number of rotatable bonds is 7. The van der Waals surface area contributed by atoms with Gasteiger partial charge in [-0.05, 0) is 44.9 Å². The summed E-state index contributed by atoms with van der Waals surface area (Å²) in [6.07, 6.45) is 3.07. The third-order valence-electron chi connectivity index (χ3n) is 3.38. The van der Waals surface area contributed by atoms with Gasteiger partial charge >= 0.3 is 0 Å². The average Bonchev–Trinajstić information content (AvgIpc) is 3.01. The van der Waals surface area contributed by atoms with Crippen molar-refractivity contribution < 1.29 is 13.2 Å². The molecule has 1 unspecified atom stereocenters. The lowest BCUT2D eigenvalue weighted by Gasteiger charge is -2.09. The van der Waals surface area contributed by atoms with E-state index in [9.17, 15) is 8.42 Å². The van der Waals surface area contributed by atoms with Gasteiger partial charge in [0.1, 0.15) is 4.21 Å². The van der Waals surface area contributed by atoms with Crippen LogP contribution in [0, 0.1) is 6.92 Å². The Balaban J connectivity index is 1.93. The first kappa shape index (κ1) is 15.9. The standard InChI is InChI=1S/C13H22N2O3S2/c1-10-8-13(19-12(10)9-14-2)20(16,17)15-6-5-11-4-3-7-18-11/h8,11,14-15H,3-7,9H2,1-2H3. The summed E-state index contributed by atoms with van der Waals surface area (Å²) in [6.45, 7) is 3.87. The zero-order chi connectivity index (χ0) is 14.6. The highest BCUT2D eigenvalue weighted by atomic mass is 32.2. The van der Waals surface area contributed by atoms with Crippen LogP contribution in [0.1, 0.15) is 29.7 Å². The summed E-state index contributed by atoms with van der Waals surface area (Å²) in [5.41, 5.74) is 1.02. The van der Waals surface area contributed by atoms with E-state index in [1.54, 1.807) is 6.07 Å². The van der Waals surface area contributed by atoms with Crippen LogP contribution >= 0.6 is 11.3 Å². The lowest BCUT2D eigenvalue weighted by atomic mass is 10.2. The number of hydrogen-bond donors (Lipinski definition) is 2. The van der Waals surface area contributed by atoms with Crippen LogP contribution in [0.25, 0.3) is 0 Å². The fourth-order valence-corrected chi connectivity index (χ4v) is 4.95. The largest absolute Gasteiger partial charge is 0.378 e. The first-order valence-electron chi connectivity index (χ1n) is 6.88. The number of aryl methyl sites for hydroxylation is 1. The monoisotopic (exact) mass is 318 g/mol. The molecule has 1 atom stereocenters. The fourth-order valence-electron chi connectivity index (χ4n) is 2.25. The highest BCUT2D eigenvalue weighted by Crippen LogP contribution is 2.25. The molecule has 114 valence electrons. The van der Waals surface area contributed by atoms with Crippen molar-refractivity contribution >= 4 is 21.4 Å². The summed E-state index contributed by atoms with van der Waals surface area (Å²) >= 11 is 1.33. The lowest BCUT2D eigenvalue weighted by Crippen LogP contribution is -2.26. The maximum Gasteiger partial charge on any atom is 0.250 e. The van der Waals surface area contributed by atoms with E-state index in [0.29, 0.717) is 17.3 Å². The van der Waals surface area contributed by atoms with Gasteiger partial charge in [-0.2, -0.15) is 0 Å². The predicted molar refractivity (Wildman–Crippen MR) is 80.6 cm³/mol. The molecular formula is C13H22N2O3S2. The van der Waals surface area contributed by atoms with Gasteiger partial charge in [0.25, 0.3) is 0 Å². The molecule has 2 rings (SSSR count). The second kappa shape index (κ2) is 7.00. The van der Waals surface area contributed by atoms with E-state index < -0.39 is 10.0 Å². The molecule has 0 amide bonds. The molecule has 1 aromatic heterocycles. The molecule has 0 radical (unpaired) electrons. The minimum Gasteiger partial charge on any atom is -0.378 e. The van der Waals surface area contributed by atoms with Crippen LogP contribution in [0.4, 0.5) is 0 Å². The van der Waals surface area contributed by atoms with E-state index in [4.69, 9.17) is 4.74 Å². The first-order chi connectivity index (χ1) is 9.53. The van der Waals surface area contributed by atoms with Crippen LogP contribution in [-0.2, 0) is 21.3 Å². The van der Waals surface area contributed by atoms with Crippen molar-refractivity contribution in [3.63, 3.8) is 0 Å². The highest BCUT2D eigenvalue weighted by Gasteiger charge is 2.20. The van der Waals surface area contributed by atoms with Crippen LogP contribution in [0.5, 0.6) is 0 Å². The fraction of sp³-hybridized carbons (Fsp3) is 0.692. The average molecular weight is 318 g/mol. The molecule has 0 spiro atoms. The Morgan fingerprint density at radius 1 is 1.50 bits per heavy atom. The summed E-state index contributed by atoms with van der Waals surface area (Å²) in [7, 11) is -1.53. The van der Waals surface area contributed by atoms with E-state index in [-0.39, 0.29) is 6.10 Å². The van der Waals surface area contributed by atoms with Gasteiger partial charge in [0.05, 0.1) is 6.10 Å². The molecule has 0 aliphatic carbocycles. The number of sulfonamides is 1. The van der Waals surface area contributed by atoms with Crippen molar-refractivity contribution in [1.82, 2.24) is 10.0 Å². The Labute approximate surface area is 124 Å². The smallest absolute Gasteiger partial charge is 0.250 e. The zero-order valence-electron chi connectivity index (χ0n) is 11.9. The van der Waals surface area contributed by atoms with Gasteiger partial charge in [0.2, 0.25) is 10.0 Å². The molecule has 0 saturated carbocycles. The molecule has 2 N–H and O–H groups in total. The topological polar surface area (TPSA) is 67.4 Å². The Morgan fingerprint density at radius 3 is 2.95 bits per heavy atom. The van der Waals surface area contributed by atoms with Gasteiger partial charge in [-0.25, -0.2) is 13.1 Å². The third kappa shape index (κ3) is 4.02. The quantitative estimate of drug-likeness (QED) is 0.802. The summed E-state index contributed by atoms with van der Waals surface area (Å²) < 4.78 is 33.0. The van der Waals surface area contributed by atoms with E-state index in [2.05, 4.69) is 10.0 Å². The molecule has 1 aromatic rings. The van der Waals surface area contributed by atoms with Crippen LogP contribution in [0.3, 0.4) is 0 Å². The van der Waals surface area contributed by atoms with E-state index in [1.807, 2.05) is 14.0 Å². The summed E-state index contributed by atoms with van der Waals surface area (Å²) in [4.78, 5) is 1.06. The maximum atomic E-state index is 12.2. The van der Waals surface area contributed by atoms with Crippen molar-refractivity contribution in [1.29, 1.82) is 0 Å². The van der Waals surface area contributed by atoms with Gasteiger partial charge in [0.15, 0.2) is 0 Å². The summed E-state index contributed by atoms with van der Waals surface area (Å²) in [5.74, 6) is 0. The molecule has 0 bridgehead atoms.